The van der Waals surface area contributed by atoms with Crippen LogP contribution in [-0.4, -0.2) is 12.5 Å². The van der Waals surface area contributed by atoms with Gasteiger partial charge >= 0.3 is 0 Å². The molecule has 0 aromatic heterocycles. The normalized spacial score (nSPS) is 12.6. The molecule has 0 heterocycles. The van der Waals surface area contributed by atoms with Crippen molar-refractivity contribution in [3.8, 4) is 0 Å². The Morgan fingerprint density at radius 2 is 1.70 bits per heavy atom. The molecule has 0 saturated carbocycles. The standard InChI is InChI=1S/C18H29NO/c1-4-5-6-7-8-9-10-11-12-13-14-15-18(20)19-16-17(2)3/h5-6,8-9,12-15,17H,4,7,10-11,16H2,1-3H3,(H,19,20)/b6-5+,9-8-,13-12+,15-14+. The zero-order chi connectivity index (χ0) is 15.1. The minimum Gasteiger partial charge on any atom is -0.352 e. The second-order valence-corrected chi connectivity index (χ2v) is 5.09. The van der Waals surface area contributed by atoms with Gasteiger partial charge in [-0.3, -0.25) is 4.79 Å². The molecule has 0 spiro atoms. The first-order valence-electron chi connectivity index (χ1n) is 7.57. The van der Waals surface area contributed by atoms with E-state index in [2.05, 4.69) is 56.5 Å². The van der Waals surface area contributed by atoms with Crippen molar-refractivity contribution in [1.82, 2.24) is 5.32 Å². The fraction of sp³-hybridized carbons (Fsp3) is 0.500. The van der Waals surface area contributed by atoms with Gasteiger partial charge in [0.2, 0.25) is 5.91 Å². The summed E-state index contributed by atoms with van der Waals surface area (Å²) in [6, 6.07) is 0. The number of amides is 1. The molecule has 0 bridgehead atoms. The summed E-state index contributed by atoms with van der Waals surface area (Å²) in [6.45, 7) is 7.02. The van der Waals surface area contributed by atoms with Crippen LogP contribution in [0.2, 0.25) is 0 Å². The molecule has 0 aromatic rings. The third kappa shape index (κ3) is 14.5. The molecule has 2 heteroatoms. The molecule has 1 amide bonds. The van der Waals surface area contributed by atoms with Crippen molar-refractivity contribution in [1.29, 1.82) is 0 Å². The van der Waals surface area contributed by atoms with Gasteiger partial charge in [0.15, 0.2) is 0 Å². The number of allylic oxidation sites excluding steroid dienone is 7. The van der Waals surface area contributed by atoms with E-state index in [0.717, 1.165) is 32.2 Å². The van der Waals surface area contributed by atoms with E-state index in [1.807, 2.05) is 6.08 Å². The van der Waals surface area contributed by atoms with Crippen LogP contribution in [-0.2, 0) is 4.79 Å². The van der Waals surface area contributed by atoms with Gasteiger partial charge < -0.3 is 5.32 Å². The van der Waals surface area contributed by atoms with Crippen molar-refractivity contribution in [3.63, 3.8) is 0 Å². The number of rotatable bonds is 10. The maximum absolute atomic E-state index is 11.4. The third-order valence-corrected chi connectivity index (χ3v) is 2.52. The average molecular weight is 275 g/mol. The van der Waals surface area contributed by atoms with Crippen molar-refractivity contribution < 1.29 is 4.79 Å². The van der Waals surface area contributed by atoms with Crippen LogP contribution >= 0.6 is 0 Å². The largest absolute Gasteiger partial charge is 0.352 e. The van der Waals surface area contributed by atoms with Gasteiger partial charge in [0.05, 0.1) is 0 Å². The minimum absolute atomic E-state index is 0.0223. The van der Waals surface area contributed by atoms with Gasteiger partial charge in [-0.2, -0.15) is 0 Å². The molecule has 0 aromatic carbocycles. The molecular weight excluding hydrogens is 246 g/mol. The second-order valence-electron chi connectivity index (χ2n) is 5.09. The summed E-state index contributed by atoms with van der Waals surface area (Å²) < 4.78 is 0. The first-order valence-corrected chi connectivity index (χ1v) is 7.57. The summed E-state index contributed by atoms with van der Waals surface area (Å²) in [4.78, 5) is 11.4. The van der Waals surface area contributed by atoms with Gasteiger partial charge in [-0.1, -0.05) is 63.3 Å². The van der Waals surface area contributed by atoms with E-state index < -0.39 is 0 Å². The van der Waals surface area contributed by atoms with E-state index in [1.165, 1.54) is 0 Å². The van der Waals surface area contributed by atoms with E-state index in [1.54, 1.807) is 12.2 Å². The van der Waals surface area contributed by atoms with Crippen molar-refractivity contribution in [2.75, 3.05) is 6.54 Å². The van der Waals surface area contributed by atoms with Crippen molar-refractivity contribution in [2.24, 2.45) is 5.92 Å². The van der Waals surface area contributed by atoms with Crippen LogP contribution in [0.1, 0.15) is 46.5 Å². The Morgan fingerprint density at radius 1 is 1.00 bits per heavy atom. The Balaban J connectivity index is 3.60. The molecule has 2 nitrogen and oxygen atoms in total. The summed E-state index contributed by atoms with van der Waals surface area (Å²) in [6.07, 6.45) is 20.3. The summed E-state index contributed by atoms with van der Waals surface area (Å²) in [7, 11) is 0. The molecule has 0 radical (unpaired) electrons. The van der Waals surface area contributed by atoms with E-state index >= 15 is 0 Å². The minimum atomic E-state index is -0.0223. The number of carbonyl (C=O) groups excluding carboxylic acids is 1. The quantitative estimate of drug-likeness (QED) is 0.269. The van der Waals surface area contributed by atoms with Gasteiger partial charge in [0.1, 0.15) is 0 Å². The number of nitrogens with one attached hydrogen (secondary N) is 1. The number of carbonyl (C=O) groups is 1. The molecule has 0 aliphatic carbocycles. The topological polar surface area (TPSA) is 29.1 Å². The number of hydrogen-bond donors (Lipinski definition) is 1. The molecule has 1 N–H and O–H groups in total. The van der Waals surface area contributed by atoms with E-state index in [9.17, 15) is 4.79 Å². The average Bonchev–Trinajstić information content (AvgIpc) is 2.42. The lowest BCUT2D eigenvalue weighted by Gasteiger charge is -2.03. The van der Waals surface area contributed by atoms with Crippen molar-refractivity contribution in [3.05, 3.63) is 48.6 Å². The lowest BCUT2D eigenvalue weighted by Crippen LogP contribution is -2.25. The van der Waals surface area contributed by atoms with Gasteiger partial charge in [-0.25, -0.2) is 0 Å². The predicted octanol–water partition coefficient (Wildman–Crippen LogP) is 4.56. The Bertz CT molecular complexity index is 348. The molecule has 0 saturated heterocycles. The summed E-state index contributed by atoms with van der Waals surface area (Å²) >= 11 is 0. The molecule has 20 heavy (non-hydrogen) atoms. The van der Waals surface area contributed by atoms with E-state index in [-0.39, 0.29) is 5.91 Å². The molecule has 0 rings (SSSR count). The first-order chi connectivity index (χ1) is 9.66. The Kier molecular flexibility index (Phi) is 12.8. The highest BCUT2D eigenvalue weighted by atomic mass is 16.1. The highest BCUT2D eigenvalue weighted by Crippen LogP contribution is 1.96. The van der Waals surface area contributed by atoms with Crippen LogP contribution < -0.4 is 5.32 Å². The highest BCUT2D eigenvalue weighted by molar-refractivity contribution is 5.87. The summed E-state index contributed by atoms with van der Waals surface area (Å²) in [5, 5.41) is 2.84. The summed E-state index contributed by atoms with van der Waals surface area (Å²) in [5.41, 5.74) is 0. The van der Waals surface area contributed by atoms with Crippen LogP contribution in [0.4, 0.5) is 0 Å². The maximum Gasteiger partial charge on any atom is 0.243 e. The van der Waals surface area contributed by atoms with Crippen LogP contribution in [0.5, 0.6) is 0 Å². The van der Waals surface area contributed by atoms with Crippen LogP contribution in [0.3, 0.4) is 0 Å². The highest BCUT2D eigenvalue weighted by Gasteiger charge is 1.95. The maximum atomic E-state index is 11.4. The lowest BCUT2D eigenvalue weighted by molar-refractivity contribution is -0.116. The number of unbranched alkanes of at least 4 members (excludes halogenated alkanes) is 1. The van der Waals surface area contributed by atoms with Gasteiger partial charge in [-0.15, -0.1) is 0 Å². The monoisotopic (exact) mass is 275 g/mol. The molecule has 0 aliphatic rings. The smallest absolute Gasteiger partial charge is 0.243 e. The van der Waals surface area contributed by atoms with E-state index in [4.69, 9.17) is 0 Å². The van der Waals surface area contributed by atoms with Crippen molar-refractivity contribution in [2.45, 2.75) is 46.5 Å². The fourth-order valence-electron chi connectivity index (χ4n) is 1.43. The first kappa shape index (κ1) is 18.4. The van der Waals surface area contributed by atoms with Crippen LogP contribution in [0, 0.1) is 5.92 Å². The third-order valence-electron chi connectivity index (χ3n) is 2.52. The van der Waals surface area contributed by atoms with Gasteiger partial charge in [0.25, 0.3) is 0 Å². The Hall–Kier alpha value is -1.57. The van der Waals surface area contributed by atoms with Crippen LogP contribution in [0.25, 0.3) is 0 Å². The molecule has 0 fully saturated rings. The summed E-state index contributed by atoms with van der Waals surface area (Å²) in [5.74, 6) is 0.466. The predicted molar refractivity (Wildman–Crippen MR) is 88.5 cm³/mol. The molecule has 0 unspecified atom stereocenters. The number of hydrogen-bond acceptors (Lipinski definition) is 1. The molecule has 112 valence electrons. The van der Waals surface area contributed by atoms with Crippen LogP contribution in [0.15, 0.2) is 48.6 Å². The van der Waals surface area contributed by atoms with E-state index in [0.29, 0.717) is 5.92 Å². The zero-order valence-electron chi connectivity index (χ0n) is 13.1. The molecular formula is C18H29NO. The van der Waals surface area contributed by atoms with Gasteiger partial charge in [-0.05, 0) is 31.6 Å². The van der Waals surface area contributed by atoms with Crippen molar-refractivity contribution >= 4 is 5.91 Å². The molecule has 0 atom stereocenters. The Labute approximate surface area is 124 Å². The Morgan fingerprint density at radius 3 is 2.40 bits per heavy atom. The second kappa shape index (κ2) is 13.9. The fourth-order valence-corrected chi connectivity index (χ4v) is 1.43. The van der Waals surface area contributed by atoms with Gasteiger partial charge in [0, 0.05) is 12.6 Å². The molecule has 0 aliphatic heterocycles. The zero-order valence-corrected chi connectivity index (χ0v) is 13.1. The SMILES string of the molecule is CC/C=C/C/C=C\CC/C=C/C=C/C(=O)NCC(C)C. The lowest BCUT2D eigenvalue weighted by atomic mass is 10.2.